The minimum Gasteiger partial charge on any atom is -0.381 e. The lowest BCUT2D eigenvalue weighted by Crippen LogP contribution is -2.26. The van der Waals surface area contributed by atoms with E-state index in [0.29, 0.717) is 11.3 Å². The average Bonchev–Trinajstić information content (AvgIpc) is 2.39. The molecule has 0 amide bonds. The van der Waals surface area contributed by atoms with Gasteiger partial charge in [0, 0.05) is 12.5 Å². The van der Waals surface area contributed by atoms with E-state index < -0.39 is 0 Å². The standard InChI is InChI=1S/C17H29NO.CH4/c1-15(16-9-6-5-7-10-16)13-19-12-8-11-17(2,3)14-18-4;/h5-7,9-10,15,18H,8,11-14H2,1-4H3;1H4. The van der Waals surface area contributed by atoms with Crippen LogP contribution in [0.5, 0.6) is 0 Å². The van der Waals surface area contributed by atoms with E-state index in [2.05, 4.69) is 56.4 Å². The van der Waals surface area contributed by atoms with Gasteiger partial charge in [0.15, 0.2) is 0 Å². The van der Waals surface area contributed by atoms with E-state index in [1.54, 1.807) is 0 Å². The molecule has 116 valence electrons. The maximum Gasteiger partial charge on any atom is 0.0532 e. The van der Waals surface area contributed by atoms with Gasteiger partial charge in [-0.25, -0.2) is 0 Å². The van der Waals surface area contributed by atoms with E-state index in [1.807, 2.05) is 7.05 Å². The third-order valence-electron chi connectivity index (χ3n) is 3.53. The molecular weight excluding hydrogens is 246 g/mol. The van der Waals surface area contributed by atoms with Gasteiger partial charge < -0.3 is 10.1 Å². The van der Waals surface area contributed by atoms with Gasteiger partial charge in [0.1, 0.15) is 0 Å². The number of ether oxygens (including phenoxy) is 1. The molecule has 0 heterocycles. The van der Waals surface area contributed by atoms with Crippen LogP contribution >= 0.6 is 0 Å². The first-order valence-corrected chi connectivity index (χ1v) is 7.32. The average molecular weight is 279 g/mol. The molecular formula is C18H33NO. The summed E-state index contributed by atoms with van der Waals surface area (Å²) >= 11 is 0. The molecule has 0 bridgehead atoms. The van der Waals surface area contributed by atoms with Crippen molar-refractivity contribution >= 4 is 0 Å². The van der Waals surface area contributed by atoms with Crippen LogP contribution in [0.4, 0.5) is 0 Å². The van der Waals surface area contributed by atoms with Crippen LogP contribution in [0.2, 0.25) is 0 Å². The highest BCUT2D eigenvalue weighted by Gasteiger charge is 2.15. The first kappa shape index (κ1) is 19.1. The van der Waals surface area contributed by atoms with Crippen molar-refractivity contribution in [3.63, 3.8) is 0 Å². The quantitative estimate of drug-likeness (QED) is 0.673. The van der Waals surface area contributed by atoms with Crippen molar-refractivity contribution in [2.45, 2.75) is 47.0 Å². The summed E-state index contributed by atoms with van der Waals surface area (Å²) < 4.78 is 5.80. The molecule has 20 heavy (non-hydrogen) atoms. The Morgan fingerprint density at radius 1 is 1.20 bits per heavy atom. The van der Waals surface area contributed by atoms with Gasteiger partial charge in [0.25, 0.3) is 0 Å². The summed E-state index contributed by atoms with van der Waals surface area (Å²) in [6, 6.07) is 10.6. The molecule has 0 saturated heterocycles. The molecule has 1 N–H and O–H groups in total. The van der Waals surface area contributed by atoms with Gasteiger partial charge in [0.2, 0.25) is 0 Å². The molecule has 1 unspecified atom stereocenters. The molecule has 1 aromatic carbocycles. The fourth-order valence-corrected chi connectivity index (χ4v) is 2.36. The lowest BCUT2D eigenvalue weighted by Gasteiger charge is -2.24. The Morgan fingerprint density at radius 3 is 2.45 bits per heavy atom. The molecule has 0 fully saturated rings. The minimum absolute atomic E-state index is 0. The lowest BCUT2D eigenvalue weighted by molar-refractivity contribution is 0.111. The van der Waals surface area contributed by atoms with Crippen molar-refractivity contribution in [3.05, 3.63) is 35.9 Å². The van der Waals surface area contributed by atoms with Crippen LogP contribution in [0.25, 0.3) is 0 Å². The Labute approximate surface area is 125 Å². The van der Waals surface area contributed by atoms with E-state index in [1.165, 1.54) is 12.0 Å². The number of hydrogen-bond donors (Lipinski definition) is 1. The van der Waals surface area contributed by atoms with E-state index in [-0.39, 0.29) is 7.43 Å². The van der Waals surface area contributed by atoms with Crippen LogP contribution in [0.1, 0.15) is 52.5 Å². The Bertz CT molecular complexity index is 335. The Morgan fingerprint density at radius 2 is 1.85 bits per heavy atom. The van der Waals surface area contributed by atoms with Crippen LogP contribution in [0.15, 0.2) is 30.3 Å². The van der Waals surface area contributed by atoms with Crippen LogP contribution in [0.3, 0.4) is 0 Å². The molecule has 0 radical (unpaired) electrons. The Balaban J connectivity index is 0.00000361. The summed E-state index contributed by atoms with van der Waals surface area (Å²) in [5.41, 5.74) is 1.72. The molecule has 1 atom stereocenters. The lowest BCUT2D eigenvalue weighted by atomic mass is 9.88. The molecule has 0 aliphatic heterocycles. The predicted molar refractivity (Wildman–Crippen MR) is 89.3 cm³/mol. The second kappa shape index (κ2) is 9.95. The number of hydrogen-bond acceptors (Lipinski definition) is 2. The molecule has 0 aromatic heterocycles. The van der Waals surface area contributed by atoms with Crippen molar-refractivity contribution in [1.29, 1.82) is 0 Å². The zero-order chi connectivity index (χ0) is 14.1. The van der Waals surface area contributed by atoms with E-state index >= 15 is 0 Å². The normalized spacial score (nSPS) is 12.8. The second-order valence-corrected chi connectivity index (χ2v) is 6.18. The van der Waals surface area contributed by atoms with Crippen LogP contribution in [-0.4, -0.2) is 26.8 Å². The highest BCUT2D eigenvalue weighted by molar-refractivity contribution is 5.18. The zero-order valence-corrected chi connectivity index (χ0v) is 12.9. The summed E-state index contributed by atoms with van der Waals surface area (Å²) in [4.78, 5) is 0. The number of rotatable bonds is 9. The fourth-order valence-electron chi connectivity index (χ4n) is 2.36. The largest absolute Gasteiger partial charge is 0.381 e. The van der Waals surface area contributed by atoms with Crippen molar-refractivity contribution in [2.24, 2.45) is 5.41 Å². The second-order valence-electron chi connectivity index (χ2n) is 6.18. The predicted octanol–water partition coefficient (Wildman–Crippen LogP) is 4.47. The van der Waals surface area contributed by atoms with Gasteiger partial charge in [0.05, 0.1) is 6.61 Å². The van der Waals surface area contributed by atoms with Gasteiger partial charge in [-0.1, -0.05) is 58.5 Å². The fraction of sp³-hybridized carbons (Fsp3) is 0.667. The number of benzene rings is 1. The molecule has 1 rings (SSSR count). The number of nitrogens with one attached hydrogen (secondary N) is 1. The minimum atomic E-state index is 0. The smallest absolute Gasteiger partial charge is 0.0532 e. The molecule has 0 saturated carbocycles. The Hall–Kier alpha value is -0.860. The van der Waals surface area contributed by atoms with Crippen molar-refractivity contribution in [1.82, 2.24) is 5.32 Å². The van der Waals surface area contributed by atoms with E-state index in [4.69, 9.17) is 4.74 Å². The van der Waals surface area contributed by atoms with Crippen molar-refractivity contribution in [3.8, 4) is 0 Å². The van der Waals surface area contributed by atoms with Gasteiger partial charge >= 0.3 is 0 Å². The summed E-state index contributed by atoms with van der Waals surface area (Å²) in [5.74, 6) is 0.478. The van der Waals surface area contributed by atoms with Gasteiger partial charge in [-0.05, 0) is 37.4 Å². The summed E-state index contributed by atoms with van der Waals surface area (Å²) in [6.45, 7) is 9.57. The van der Waals surface area contributed by atoms with Crippen LogP contribution in [0, 0.1) is 5.41 Å². The monoisotopic (exact) mass is 279 g/mol. The van der Waals surface area contributed by atoms with Gasteiger partial charge in [-0.15, -0.1) is 0 Å². The molecule has 2 heteroatoms. The van der Waals surface area contributed by atoms with Gasteiger partial charge in [-0.2, -0.15) is 0 Å². The first-order chi connectivity index (χ1) is 9.05. The maximum absolute atomic E-state index is 5.80. The van der Waals surface area contributed by atoms with Crippen LogP contribution < -0.4 is 5.32 Å². The summed E-state index contributed by atoms with van der Waals surface area (Å²) in [6.07, 6.45) is 2.34. The highest BCUT2D eigenvalue weighted by Crippen LogP contribution is 2.21. The Kier molecular flexibility index (Phi) is 9.52. The molecule has 0 aliphatic rings. The third kappa shape index (κ3) is 7.66. The highest BCUT2D eigenvalue weighted by atomic mass is 16.5. The molecule has 1 aromatic rings. The maximum atomic E-state index is 5.80. The van der Waals surface area contributed by atoms with E-state index in [9.17, 15) is 0 Å². The topological polar surface area (TPSA) is 21.3 Å². The first-order valence-electron chi connectivity index (χ1n) is 7.32. The summed E-state index contributed by atoms with van der Waals surface area (Å²) in [7, 11) is 2.01. The molecule has 2 nitrogen and oxygen atoms in total. The summed E-state index contributed by atoms with van der Waals surface area (Å²) in [5, 5.41) is 3.25. The third-order valence-corrected chi connectivity index (χ3v) is 3.53. The SMILES string of the molecule is C.CNCC(C)(C)CCCOCC(C)c1ccccc1. The molecule has 0 spiro atoms. The van der Waals surface area contributed by atoms with Gasteiger partial charge in [-0.3, -0.25) is 0 Å². The van der Waals surface area contributed by atoms with Crippen LogP contribution in [-0.2, 0) is 4.74 Å². The van der Waals surface area contributed by atoms with Crippen molar-refractivity contribution < 1.29 is 4.74 Å². The zero-order valence-electron chi connectivity index (χ0n) is 12.9. The molecule has 0 aliphatic carbocycles. The van der Waals surface area contributed by atoms with Crippen molar-refractivity contribution in [2.75, 3.05) is 26.8 Å². The van der Waals surface area contributed by atoms with E-state index in [0.717, 1.165) is 26.2 Å².